The molecule has 10 heteroatoms. The van der Waals surface area contributed by atoms with Crippen molar-refractivity contribution in [2.45, 2.75) is 31.8 Å². The van der Waals surface area contributed by atoms with Crippen LogP contribution in [-0.2, 0) is 0 Å². The van der Waals surface area contributed by atoms with Crippen molar-refractivity contribution >= 4 is 17.4 Å². The van der Waals surface area contributed by atoms with Crippen LogP contribution in [0.5, 0.6) is 11.5 Å². The Kier molecular flexibility index (Phi) is 5.67. The lowest BCUT2D eigenvalue weighted by Crippen LogP contribution is -2.17. The maximum atomic E-state index is 13.7. The summed E-state index contributed by atoms with van der Waals surface area (Å²) in [5.41, 5.74) is -0.651. The van der Waals surface area contributed by atoms with Gasteiger partial charge in [-0.25, -0.2) is 9.37 Å². The number of nitro benzene ring substituents is 1. The summed E-state index contributed by atoms with van der Waals surface area (Å²) in [5, 5.41) is 13.5. The molecule has 148 valence electrons. The third-order valence-electron chi connectivity index (χ3n) is 4.37. The van der Waals surface area contributed by atoms with Crippen LogP contribution in [0.3, 0.4) is 0 Å². The number of ether oxygens (including phenoxy) is 2. The van der Waals surface area contributed by atoms with Crippen LogP contribution in [0.15, 0.2) is 24.4 Å². The number of anilines is 1. The van der Waals surface area contributed by atoms with Gasteiger partial charge in [0.05, 0.1) is 23.7 Å². The fourth-order valence-corrected chi connectivity index (χ4v) is 3.02. The van der Waals surface area contributed by atoms with E-state index in [4.69, 9.17) is 9.47 Å². The number of benzene rings is 1. The first-order valence-electron chi connectivity index (χ1n) is 8.55. The van der Waals surface area contributed by atoms with Crippen molar-refractivity contribution in [3.63, 3.8) is 0 Å². The molecule has 1 amide bonds. The summed E-state index contributed by atoms with van der Waals surface area (Å²) in [6, 6.07) is 3.06. The van der Waals surface area contributed by atoms with Crippen molar-refractivity contribution in [3.05, 3.63) is 51.7 Å². The molecule has 8 nitrogen and oxygen atoms in total. The molecule has 0 spiro atoms. The van der Waals surface area contributed by atoms with E-state index in [1.807, 2.05) is 0 Å². The van der Waals surface area contributed by atoms with Crippen molar-refractivity contribution in [1.29, 1.82) is 0 Å². The SMILES string of the molecule is COc1c(OC2CCCC2)cc(C(=O)Nc2nccc(F)c2F)cc1[N+](=O)[O-]. The van der Waals surface area contributed by atoms with Gasteiger partial charge in [0.25, 0.3) is 5.91 Å². The summed E-state index contributed by atoms with van der Waals surface area (Å²) in [6.45, 7) is 0. The topological polar surface area (TPSA) is 104 Å². The molecule has 1 aromatic carbocycles. The molecule has 3 rings (SSSR count). The number of rotatable bonds is 6. The molecule has 0 radical (unpaired) electrons. The Labute approximate surface area is 158 Å². The molecule has 0 unspecified atom stereocenters. The van der Waals surface area contributed by atoms with Gasteiger partial charge in [-0.2, -0.15) is 4.39 Å². The number of hydrogen-bond donors (Lipinski definition) is 1. The van der Waals surface area contributed by atoms with E-state index >= 15 is 0 Å². The third-order valence-corrected chi connectivity index (χ3v) is 4.37. The van der Waals surface area contributed by atoms with Crippen LogP contribution in [0.4, 0.5) is 20.3 Å². The average Bonchev–Trinajstić information content (AvgIpc) is 3.17. The minimum Gasteiger partial charge on any atom is -0.488 e. The third kappa shape index (κ3) is 4.00. The number of pyridine rings is 1. The van der Waals surface area contributed by atoms with Gasteiger partial charge in [0.15, 0.2) is 17.4 Å². The molecule has 1 aliphatic carbocycles. The van der Waals surface area contributed by atoms with Gasteiger partial charge in [0, 0.05) is 12.3 Å². The van der Waals surface area contributed by atoms with E-state index in [0.717, 1.165) is 44.0 Å². The highest BCUT2D eigenvalue weighted by molar-refractivity contribution is 6.04. The first kappa shape index (κ1) is 19.5. The zero-order valence-electron chi connectivity index (χ0n) is 14.9. The van der Waals surface area contributed by atoms with Crippen LogP contribution in [0.1, 0.15) is 36.0 Å². The van der Waals surface area contributed by atoms with Crippen molar-refractivity contribution in [3.8, 4) is 11.5 Å². The first-order valence-corrected chi connectivity index (χ1v) is 8.55. The maximum Gasteiger partial charge on any atom is 0.315 e. The van der Waals surface area contributed by atoms with Gasteiger partial charge < -0.3 is 14.8 Å². The van der Waals surface area contributed by atoms with Gasteiger partial charge in [0.2, 0.25) is 11.6 Å². The lowest BCUT2D eigenvalue weighted by atomic mass is 10.1. The number of halogens is 2. The van der Waals surface area contributed by atoms with Gasteiger partial charge in [-0.1, -0.05) is 0 Å². The van der Waals surface area contributed by atoms with Crippen LogP contribution in [0.25, 0.3) is 0 Å². The molecule has 28 heavy (non-hydrogen) atoms. The second kappa shape index (κ2) is 8.15. The number of hydrogen-bond acceptors (Lipinski definition) is 6. The number of carbonyl (C=O) groups is 1. The largest absolute Gasteiger partial charge is 0.488 e. The van der Waals surface area contributed by atoms with Gasteiger partial charge >= 0.3 is 5.69 Å². The zero-order chi connectivity index (χ0) is 20.3. The Balaban J connectivity index is 1.97. The highest BCUT2D eigenvalue weighted by atomic mass is 19.2. The molecule has 1 fully saturated rings. The van der Waals surface area contributed by atoms with Gasteiger partial charge in [0.1, 0.15) is 0 Å². The quantitative estimate of drug-likeness (QED) is 0.591. The molecule has 0 atom stereocenters. The Morgan fingerprint density at radius 2 is 2.04 bits per heavy atom. The molecule has 1 saturated carbocycles. The summed E-state index contributed by atoms with van der Waals surface area (Å²) in [4.78, 5) is 26.8. The van der Waals surface area contributed by atoms with Gasteiger partial charge in [-0.3, -0.25) is 14.9 Å². The summed E-state index contributed by atoms with van der Waals surface area (Å²) in [7, 11) is 1.26. The van der Waals surface area contributed by atoms with Crippen LogP contribution in [-0.4, -0.2) is 29.0 Å². The number of aromatic nitrogens is 1. The standard InChI is InChI=1S/C18H17F2N3O5/c1-27-16-13(23(25)26)8-10(9-14(16)28-11-4-2-3-5-11)18(24)22-17-15(20)12(19)6-7-21-17/h6-9,11H,2-5H2,1H3,(H,21,22,24). The Morgan fingerprint density at radius 3 is 2.68 bits per heavy atom. The molecule has 0 bridgehead atoms. The minimum absolute atomic E-state index is 0.0430. The fraction of sp³-hybridized carbons (Fsp3) is 0.333. The molecule has 1 aliphatic rings. The molecular formula is C18H17F2N3O5. The Bertz CT molecular complexity index is 916. The number of carbonyl (C=O) groups excluding carboxylic acids is 1. The van der Waals surface area contributed by atoms with Crippen molar-refractivity contribution < 1.29 is 28.0 Å². The van der Waals surface area contributed by atoms with Crippen molar-refractivity contribution in [2.75, 3.05) is 12.4 Å². The molecule has 0 aliphatic heterocycles. The smallest absolute Gasteiger partial charge is 0.315 e. The molecule has 0 saturated heterocycles. The number of methoxy groups -OCH3 is 1. The van der Waals surface area contributed by atoms with Crippen LogP contribution < -0.4 is 14.8 Å². The van der Waals surface area contributed by atoms with E-state index in [0.29, 0.717) is 0 Å². The van der Waals surface area contributed by atoms with E-state index in [-0.39, 0.29) is 23.2 Å². The minimum atomic E-state index is -1.33. The fourth-order valence-electron chi connectivity index (χ4n) is 3.02. The summed E-state index contributed by atoms with van der Waals surface area (Å²) < 4.78 is 38.0. The van der Waals surface area contributed by atoms with E-state index in [1.165, 1.54) is 13.2 Å². The molecule has 1 heterocycles. The van der Waals surface area contributed by atoms with E-state index < -0.39 is 34.0 Å². The lowest BCUT2D eigenvalue weighted by molar-refractivity contribution is -0.385. The van der Waals surface area contributed by atoms with Crippen LogP contribution in [0.2, 0.25) is 0 Å². The normalized spacial score (nSPS) is 14.0. The van der Waals surface area contributed by atoms with Gasteiger partial charge in [-0.15, -0.1) is 0 Å². The summed E-state index contributed by atoms with van der Waals surface area (Å²) in [6.07, 6.45) is 4.35. The molecular weight excluding hydrogens is 376 g/mol. The first-order chi connectivity index (χ1) is 13.4. The zero-order valence-corrected chi connectivity index (χ0v) is 14.9. The average molecular weight is 393 g/mol. The number of nitro groups is 1. The Hall–Kier alpha value is -3.30. The number of amides is 1. The predicted molar refractivity (Wildman–Crippen MR) is 94.6 cm³/mol. The highest BCUT2D eigenvalue weighted by Crippen LogP contribution is 2.40. The predicted octanol–water partition coefficient (Wildman–Crippen LogP) is 3.85. The Morgan fingerprint density at radius 1 is 1.32 bits per heavy atom. The summed E-state index contributed by atoms with van der Waals surface area (Å²) in [5.74, 6) is -4.11. The van der Waals surface area contributed by atoms with Crippen molar-refractivity contribution in [1.82, 2.24) is 4.98 Å². The lowest BCUT2D eigenvalue weighted by Gasteiger charge is -2.17. The number of nitrogens with zero attached hydrogens (tertiary/aromatic N) is 2. The van der Waals surface area contributed by atoms with Crippen molar-refractivity contribution in [2.24, 2.45) is 0 Å². The van der Waals surface area contributed by atoms with E-state index in [2.05, 4.69) is 10.3 Å². The monoisotopic (exact) mass is 393 g/mol. The van der Waals surface area contributed by atoms with E-state index in [1.54, 1.807) is 0 Å². The van der Waals surface area contributed by atoms with E-state index in [9.17, 15) is 23.7 Å². The van der Waals surface area contributed by atoms with Gasteiger partial charge in [-0.05, 0) is 37.8 Å². The number of nitrogens with one attached hydrogen (secondary N) is 1. The molecule has 2 aromatic rings. The summed E-state index contributed by atoms with van der Waals surface area (Å²) >= 11 is 0. The second-order valence-corrected chi connectivity index (χ2v) is 6.22. The van der Waals surface area contributed by atoms with Crippen LogP contribution >= 0.6 is 0 Å². The second-order valence-electron chi connectivity index (χ2n) is 6.22. The molecule has 1 aromatic heterocycles. The maximum absolute atomic E-state index is 13.7. The van der Waals surface area contributed by atoms with Crippen LogP contribution in [0, 0.1) is 21.7 Å². The highest BCUT2D eigenvalue weighted by Gasteiger charge is 2.27. The molecule has 1 N–H and O–H groups in total.